The quantitative estimate of drug-likeness (QED) is 0.548. The molecule has 1 aromatic carbocycles. The number of rotatable bonds is 8. The fourth-order valence-electron chi connectivity index (χ4n) is 3.81. The lowest BCUT2D eigenvalue weighted by atomic mass is 10.2. The number of nitrogens with zero attached hydrogens (tertiary/aromatic N) is 3. The average Bonchev–Trinajstić information content (AvgIpc) is 3.25. The third-order valence-corrected chi connectivity index (χ3v) is 7.49. The number of pyridine rings is 1. The van der Waals surface area contributed by atoms with Gasteiger partial charge in [-0.25, -0.2) is 8.42 Å². The maximum atomic E-state index is 12.9. The number of hydrogen-bond donors (Lipinski definition) is 1. The minimum absolute atomic E-state index is 0.155. The van der Waals surface area contributed by atoms with E-state index in [0.717, 1.165) is 30.5 Å². The lowest BCUT2D eigenvalue weighted by Crippen LogP contribution is -2.35. The Kier molecular flexibility index (Phi) is 7.10. The van der Waals surface area contributed by atoms with Gasteiger partial charge in [-0.2, -0.15) is 4.31 Å². The minimum atomic E-state index is -3.59. The van der Waals surface area contributed by atoms with Gasteiger partial charge in [-0.15, -0.1) is 0 Å². The molecule has 174 valence electrons. The van der Waals surface area contributed by atoms with Gasteiger partial charge in [0, 0.05) is 39.1 Å². The van der Waals surface area contributed by atoms with Gasteiger partial charge in [0.2, 0.25) is 10.0 Å². The van der Waals surface area contributed by atoms with Gasteiger partial charge in [0.05, 0.1) is 5.69 Å². The summed E-state index contributed by atoms with van der Waals surface area (Å²) in [5, 5.41) is 2.87. The Morgan fingerprint density at radius 1 is 1.09 bits per heavy atom. The first-order valence-electron chi connectivity index (χ1n) is 11.0. The van der Waals surface area contributed by atoms with Crippen molar-refractivity contribution in [1.82, 2.24) is 19.2 Å². The van der Waals surface area contributed by atoms with E-state index in [2.05, 4.69) is 10.3 Å². The van der Waals surface area contributed by atoms with Crippen molar-refractivity contribution in [2.45, 2.75) is 37.3 Å². The summed E-state index contributed by atoms with van der Waals surface area (Å²) >= 11 is 0. The van der Waals surface area contributed by atoms with Crippen LogP contribution in [0.1, 0.15) is 41.0 Å². The van der Waals surface area contributed by atoms with E-state index < -0.39 is 10.0 Å². The molecule has 3 heterocycles. The Balaban J connectivity index is 1.38. The molecule has 0 bridgehead atoms. The summed E-state index contributed by atoms with van der Waals surface area (Å²) in [5.74, 6) is 0.346. The van der Waals surface area contributed by atoms with Crippen LogP contribution >= 0.6 is 0 Å². The van der Waals surface area contributed by atoms with Crippen LogP contribution in [-0.4, -0.2) is 41.3 Å². The maximum absolute atomic E-state index is 12.9. The zero-order chi connectivity index (χ0) is 23.3. The molecule has 1 aliphatic rings. The smallest absolute Gasteiger partial charge is 0.268 e. The van der Waals surface area contributed by atoms with Gasteiger partial charge in [0.15, 0.2) is 0 Å². The van der Waals surface area contributed by atoms with Gasteiger partial charge in [0.25, 0.3) is 5.91 Å². The number of amides is 1. The van der Waals surface area contributed by atoms with Crippen molar-refractivity contribution in [2.75, 3.05) is 13.1 Å². The van der Waals surface area contributed by atoms with Gasteiger partial charge in [-0.05, 0) is 48.7 Å². The van der Waals surface area contributed by atoms with Crippen molar-refractivity contribution >= 4 is 15.9 Å². The summed E-state index contributed by atoms with van der Waals surface area (Å²) in [6.07, 6.45) is 6.00. The van der Waals surface area contributed by atoms with Crippen molar-refractivity contribution in [3.8, 4) is 5.75 Å². The second-order valence-electron chi connectivity index (χ2n) is 8.08. The van der Waals surface area contributed by atoms with Crippen molar-refractivity contribution in [2.24, 2.45) is 7.05 Å². The predicted octanol–water partition coefficient (Wildman–Crippen LogP) is 3.10. The molecule has 9 heteroatoms. The van der Waals surface area contributed by atoms with Gasteiger partial charge in [-0.1, -0.05) is 24.6 Å². The SMILES string of the molecule is Cn1cc(S(=O)(=O)N2CCCCC2)cc1C(=O)NCc1cccc(OCc2ccccn2)c1. The molecule has 1 aliphatic heterocycles. The van der Waals surface area contributed by atoms with E-state index in [0.29, 0.717) is 37.7 Å². The molecule has 1 amide bonds. The van der Waals surface area contributed by atoms with E-state index in [4.69, 9.17) is 4.74 Å². The van der Waals surface area contributed by atoms with Crippen LogP contribution in [-0.2, 0) is 30.2 Å². The highest BCUT2D eigenvalue weighted by atomic mass is 32.2. The Labute approximate surface area is 194 Å². The number of piperidine rings is 1. The molecule has 0 unspecified atom stereocenters. The van der Waals surface area contributed by atoms with E-state index >= 15 is 0 Å². The number of sulfonamides is 1. The third kappa shape index (κ3) is 5.61. The average molecular weight is 469 g/mol. The summed E-state index contributed by atoms with van der Waals surface area (Å²) in [7, 11) is -1.91. The fourth-order valence-corrected chi connectivity index (χ4v) is 5.40. The number of carbonyl (C=O) groups is 1. The van der Waals surface area contributed by atoms with Crippen LogP contribution in [0, 0.1) is 0 Å². The molecule has 33 heavy (non-hydrogen) atoms. The normalized spacial score (nSPS) is 14.7. The largest absolute Gasteiger partial charge is 0.487 e. The van der Waals surface area contributed by atoms with E-state index in [1.807, 2.05) is 42.5 Å². The highest BCUT2D eigenvalue weighted by molar-refractivity contribution is 7.89. The van der Waals surface area contributed by atoms with Crippen molar-refractivity contribution in [1.29, 1.82) is 0 Å². The molecular formula is C24H28N4O4S. The molecule has 1 saturated heterocycles. The van der Waals surface area contributed by atoms with Crippen LogP contribution in [0.25, 0.3) is 0 Å². The highest BCUT2D eigenvalue weighted by Gasteiger charge is 2.28. The van der Waals surface area contributed by atoms with E-state index in [1.54, 1.807) is 17.8 Å². The molecule has 4 rings (SSSR count). The summed E-state index contributed by atoms with van der Waals surface area (Å²) in [5.41, 5.74) is 2.00. The van der Waals surface area contributed by atoms with Crippen molar-refractivity contribution in [3.05, 3.63) is 77.9 Å². The van der Waals surface area contributed by atoms with Crippen LogP contribution in [0.3, 0.4) is 0 Å². The van der Waals surface area contributed by atoms with E-state index in [1.165, 1.54) is 16.6 Å². The zero-order valence-electron chi connectivity index (χ0n) is 18.6. The van der Waals surface area contributed by atoms with E-state index in [9.17, 15) is 13.2 Å². The van der Waals surface area contributed by atoms with Crippen molar-refractivity contribution < 1.29 is 17.9 Å². The zero-order valence-corrected chi connectivity index (χ0v) is 19.4. The molecular weight excluding hydrogens is 440 g/mol. The number of hydrogen-bond acceptors (Lipinski definition) is 5. The second-order valence-corrected chi connectivity index (χ2v) is 10.0. The molecule has 0 radical (unpaired) electrons. The standard InChI is InChI=1S/C24H28N4O4S/c1-27-17-22(33(30,31)28-12-5-2-6-13-28)15-23(27)24(29)26-16-19-8-7-10-21(14-19)32-18-20-9-3-4-11-25-20/h3-4,7-11,14-15,17H,2,5-6,12-13,16,18H2,1H3,(H,26,29). The number of nitrogens with one attached hydrogen (secondary N) is 1. The minimum Gasteiger partial charge on any atom is -0.487 e. The maximum Gasteiger partial charge on any atom is 0.268 e. The molecule has 1 fully saturated rings. The summed E-state index contributed by atoms with van der Waals surface area (Å²) < 4.78 is 34.7. The first-order valence-corrected chi connectivity index (χ1v) is 12.4. The van der Waals surface area contributed by atoms with Gasteiger partial charge in [-0.3, -0.25) is 9.78 Å². The Bertz CT molecular complexity index is 1200. The predicted molar refractivity (Wildman–Crippen MR) is 124 cm³/mol. The lowest BCUT2D eigenvalue weighted by Gasteiger charge is -2.25. The molecule has 3 aromatic rings. The van der Waals surface area contributed by atoms with E-state index in [-0.39, 0.29) is 10.8 Å². The van der Waals surface area contributed by atoms with Crippen LogP contribution in [0.2, 0.25) is 0 Å². The monoisotopic (exact) mass is 468 g/mol. The Morgan fingerprint density at radius 3 is 2.67 bits per heavy atom. The molecule has 0 spiro atoms. The first kappa shape index (κ1) is 23.0. The number of aromatic nitrogens is 2. The van der Waals surface area contributed by atoms with Gasteiger partial charge in [0.1, 0.15) is 22.9 Å². The first-order chi connectivity index (χ1) is 15.9. The lowest BCUT2D eigenvalue weighted by molar-refractivity contribution is 0.0942. The topological polar surface area (TPSA) is 93.5 Å². The molecule has 0 aliphatic carbocycles. The molecule has 1 N–H and O–H groups in total. The molecule has 2 aromatic heterocycles. The van der Waals surface area contributed by atoms with Crippen LogP contribution in [0.5, 0.6) is 5.75 Å². The van der Waals surface area contributed by atoms with Gasteiger partial charge >= 0.3 is 0 Å². The highest BCUT2D eigenvalue weighted by Crippen LogP contribution is 2.22. The second kappa shape index (κ2) is 10.2. The summed E-state index contributed by atoms with van der Waals surface area (Å²) in [6, 6.07) is 14.6. The van der Waals surface area contributed by atoms with Crippen LogP contribution in [0.15, 0.2) is 65.8 Å². The van der Waals surface area contributed by atoms with Crippen LogP contribution in [0.4, 0.5) is 0 Å². The van der Waals surface area contributed by atoms with Gasteiger partial charge < -0.3 is 14.6 Å². The fraction of sp³-hybridized carbons (Fsp3) is 0.333. The van der Waals surface area contributed by atoms with Crippen LogP contribution < -0.4 is 10.1 Å². The number of carbonyl (C=O) groups excluding carboxylic acids is 1. The Hall–Kier alpha value is -3.17. The molecule has 0 atom stereocenters. The Morgan fingerprint density at radius 2 is 1.91 bits per heavy atom. The van der Waals surface area contributed by atoms with Crippen molar-refractivity contribution in [3.63, 3.8) is 0 Å². The summed E-state index contributed by atoms with van der Waals surface area (Å²) in [6.45, 7) is 1.70. The third-order valence-electron chi connectivity index (χ3n) is 5.63. The molecule has 8 nitrogen and oxygen atoms in total. The summed E-state index contributed by atoms with van der Waals surface area (Å²) in [4.78, 5) is 17.2. The molecule has 0 saturated carbocycles. The number of aryl methyl sites for hydroxylation is 1. The number of ether oxygens (including phenoxy) is 1. The number of benzene rings is 1.